The Kier molecular flexibility index (Phi) is 7.01. The maximum absolute atomic E-state index is 13.9. The molecule has 8 heteroatoms. The first kappa shape index (κ1) is 21.5. The largest absolute Gasteiger partial charge is 0.320 e. The molecule has 0 bridgehead atoms. The van der Waals surface area contributed by atoms with Crippen molar-refractivity contribution >= 4 is 22.9 Å². The molecule has 0 aliphatic carbocycles. The van der Waals surface area contributed by atoms with Gasteiger partial charge < -0.3 is 5.32 Å². The number of aryl methyl sites for hydroxylation is 1. The van der Waals surface area contributed by atoms with E-state index in [0.29, 0.717) is 18.1 Å². The zero-order valence-corrected chi connectivity index (χ0v) is 18.4. The van der Waals surface area contributed by atoms with Crippen LogP contribution >= 0.6 is 11.3 Å². The lowest BCUT2D eigenvalue weighted by atomic mass is 10.1. The fraction of sp³-hybridized carbons (Fsp3) is 0.348. The molecule has 1 aliphatic heterocycles. The lowest BCUT2D eigenvalue weighted by molar-refractivity contribution is 0.102. The van der Waals surface area contributed by atoms with Crippen molar-refractivity contribution < 1.29 is 9.18 Å². The van der Waals surface area contributed by atoms with E-state index in [4.69, 9.17) is 0 Å². The quantitative estimate of drug-likeness (QED) is 0.607. The minimum Gasteiger partial charge on any atom is -0.320 e. The summed E-state index contributed by atoms with van der Waals surface area (Å²) in [6, 6.07) is 14.8. The molecule has 1 aromatic heterocycles. The van der Waals surface area contributed by atoms with Crippen molar-refractivity contribution in [2.75, 3.05) is 31.5 Å². The minimum absolute atomic E-state index is 0.147. The van der Waals surface area contributed by atoms with Crippen molar-refractivity contribution in [2.24, 2.45) is 0 Å². The average Bonchev–Trinajstić information content (AvgIpc) is 3.26. The number of rotatable bonds is 7. The SMILES string of the molecule is CCc1ccc(NC(=O)c2nnc(CN3CCN(Cc4ccccc4F)CC3)s2)cc1. The van der Waals surface area contributed by atoms with Gasteiger partial charge in [-0.2, -0.15) is 0 Å². The molecule has 2 heterocycles. The third-order valence-corrected chi connectivity index (χ3v) is 6.36. The van der Waals surface area contributed by atoms with E-state index in [0.717, 1.165) is 48.9 Å². The zero-order chi connectivity index (χ0) is 21.6. The number of nitrogens with zero attached hydrogens (tertiary/aromatic N) is 4. The molecule has 4 rings (SSSR count). The van der Waals surface area contributed by atoms with Crippen LogP contribution in [0.5, 0.6) is 0 Å². The maximum atomic E-state index is 13.9. The van der Waals surface area contributed by atoms with Gasteiger partial charge in [-0.05, 0) is 30.2 Å². The molecule has 1 saturated heterocycles. The Morgan fingerprint density at radius 1 is 1.00 bits per heavy atom. The summed E-state index contributed by atoms with van der Waals surface area (Å²) in [5.41, 5.74) is 2.72. The summed E-state index contributed by atoms with van der Waals surface area (Å²) >= 11 is 1.33. The van der Waals surface area contributed by atoms with E-state index < -0.39 is 0 Å². The summed E-state index contributed by atoms with van der Waals surface area (Å²) < 4.78 is 13.9. The second kappa shape index (κ2) is 10.1. The van der Waals surface area contributed by atoms with Crippen molar-refractivity contribution in [3.8, 4) is 0 Å². The van der Waals surface area contributed by atoms with Crippen LogP contribution in [-0.4, -0.2) is 52.1 Å². The second-order valence-electron chi connectivity index (χ2n) is 7.65. The number of hydrogen-bond donors (Lipinski definition) is 1. The molecule has 1 N–H and O–H groups in total. The summed E-state index contributed by atoms with van der Waals surface area (Å²) in [6.07, 6.45) is 0.964. The number of halogens is 1. The number of nitrogens with one attached hydrogen (secondary N) is 1. The molecule has 162 valence electrons. The van der Waals surface area contributed by atoms with Crippen LogP contribution in [0.25, 0.3) is 0 Å². The number of carbonyl (C=O) groups excluding carboxylic acids is 1. The number of benzene rings is 2. The first-order chi connectivity index (χ1) is 15.1. The van der Waals surface area contributed by atoms with Crippen molar-refractivity contribution in [2.45, 2.75) is 26.4 Å². The lowest BCUT2D eigenvalue weighted by Crippen LogP contribution is -2.45. The Morgan fingerprint density at radius 2 is 1.68 bits per heavy atom. The van der Waals surface area contributed by atoms with Crippen LogP contribution in [0.15, 0.2) is 48.5 Å². The monoisotopic (exact) mass is 439 g/mol. The van der Waals surface area contributed by atoms with Gasteiger partial charge in [0.2, 0.25) is 5.01 Å². The highest BCUT2D eigenvalue weighted by Crippen LogP contribution is 2.18. The lowest BCUT2D eigenvalue weighted by Gasteiger charge is -2.34. The van der Waals surface area contributed by atoms with E-state index in [2.05, 4.69) is 32.2 Å². The van der Waals surface area contributed by atoms with Gasteiger partial charge in [0.05, 0.1) is 6.54 Å². The molecule has 1 fully saturated rings. The van der Waals surface area contributed by atoms with Gasteiger partial charge in [-0.1, -0.05) is 48.6 Å². The van der Waals surface area contributed by atoms with Crippen molar-refractivity contribution in [3.05, 3.63) is 75.5 Å². The molecule has 0 saturated carbocycles. The molecular formula is C23H26FN5OS. The van der Waals surface area contributed by atoms with Crippen molar-refractivity contribution in [1.82, 2.24) is 20.0 Å². The standard InChI is InChI=1S/C23H26FN5OS/c1-2-17-7-9-19(10-8-17)25-22(30)23-27-26-21(31-23)16-29-13-11-28(12-14-29)15-18-5-3-4-6-20(18)24/h3-10H,2,11-16H2,1H3,(H,25,30). The van der Waals surface area contributed by atoms with E-state index in [1.54, 1.807) is 6.07 Å². The van der Waals surface area contributed by atoms with Crippen LogP contribution in [0.2, 0.25) is 0 Å². The summed E-state index contributed by atoms with van der Waals surface area (Å²) in [4.78, 5) is 17.0. The Morgan fingerprint density at radius 3 is 2.35 bits per heavy atom. The normalized spacial score (nSPS) is 15.2. The third kappa shape index (κ3) is 5.72. The highest BCUT2D eigenvalue weighted by Gasteiger charge is 2.20. The van der Waals surface area contributed by atoms with Crippen molar-refractivity contribution in [3.63, 3.8) is 0 Å². The Balaban J connectivity index is 1.26. The van der Waals surface area contributed by atoms with Crippen molar-refractivity contribution in [1.29, 1.82) is 0 Å². The van der Waals surface area contributed by atoms with Gasteiger partial charge in [-0.3, -0.25) is 14.6 Å². The molecule has 0 unspecified atom stereocenters. The maximum Gasteiger partial charge on any atom is 0.286 e. The van der Waals surface area contributed by atoms with Gasteiger partial charge in [0, 0.05) is 44.0 Å². The molecule has 0 radical (unpaired) electrons. The highest BCUT2D eigenvalue weighted by molar-refractivity contribution is 7.13. The minimum atomic E-state index is -0.234. The Bertz CT molecular complexity index is 1010. The first-order valence-corrected chi connectivity index (χ1v) is 11.3. The van der Waals surface area contributed by atoms with Crippen LogP contribution in [0.4, 0.5) is 10.1 Å². The molecule has 0 spiro atoms. The van der Waals surface area contributed by atoms with Crippen LogP contribution in [-0.2, 0) is 19.5 Å². The van der Waals surface area contributed by atoms with Gasteiger partial charge in [0.1, 0.15) is 10.8 Å². The number of carbonyl (C=O) groups is 1. The molecule has 3 aromatic rings. The predicted molar refractivity (Wildman–Crippen MR) is 121 cm³/mol. The molecule has 2 aromatic carbocycles. The number of anilines is 1. The Hall–Kier alpha value is -2.68. The topological polar surface area (TPSA) is 61.4 Å². The van der Waals surface area contributed by atoms with E-state index in [1.807, 2.05) is 36.4 Å². The van der Waals surface area contributed by atoms with Gasteiger partial charge in [-0.15, -0.1) is 10.2 Å². The third-order valence-electron chi connectivity index (χ3n) is 5.46. The van der Waals surface area contributed by atoms with Gasteiger partial charge in [-0.25, -0.2) is 4.39 Å². The number of piperazine rings is 1. The molecule has 31 heavy (non-hydrogen) atoms. The van der Waals surface area contributed by atoms with Gasteiger partial charge in [0.15, 0.2) is 0 Å². The summed E-state index contributed by atoms with van der Waals surface area (Å²) in [5, 5.41) is 12.3. The smallest absolute Gasteiger partial charge is 0.286 e. The van der Waals surface area contributed by atoms with Crippen LogP contribution in [0.1, 0.15) is 32.9 Å². The zero-order valence-electron chi connectivity index (χ0n) is 17.6. The predicted octanol–water partition coefficient (Wildman–Crippen LogP) is 3.81. The van der Waals surface area contributed by atoms with Crippen LogP contribution in [0, 0.1) is 5.82 Å². The number of amides is 1. The average molecular weight is 440 g/mol. The molecule has 1 aliphatic rings. The molecule has 0 atom stereocenters. The second-order valence-corrected chi connectivity index (χ2v) is 8.71. The van der Waals surface area contributed by atoms with Gasteiger partial charge >= 0.3 is 0 Å². The number of hydrogen-bond acceptors (Lipinski definition) is 6. The number of aromatic nitrogens is 2. The van der Waals surface area contributed by atoms with Crippen LogP contribution in [0.3, 0.4) is 0 Å². The first-order valence-electron chi connectivity index (χ1n) is 10.5. The van der Waals surface area contributed by atoms with E-state index >= 15 is 0 Å². The fourth-order valence-corrected chi connectivity index (χ4v) is 4.36. The van der Waals surface area contributed by atoms with E-state index in [1.165, 1.54) is 23.0 Å². The summed E-state index contributed by atoms with van der Waals surface area (Å²) in [6.45, 7) is 6.88. The highest BCUT2D eigenvalue weighted by atomic mass is 32.1. The van der Waals surface area contributed by atoms with Crippen LogP contribution < -0.4 is 5.32 Å². The Labute approximate surface area is 185 Å². The molecular weight excluding hydrogens is 413 g/mol. The molecule has 6 nitrogen and oxygen atoms in total. The molecule has 1 amide bonds. The van der Waals surface area contributed by atoms with E-state index in [-0.39, 0.29) is 11.7 Å². The van der Waals surface area contributed by atoms with E-state index in [9.17, 15) is 9.18 Å². The van der Waals surface area contributed by atoms with Gasteiger partial charge in [0.25, 0.3) is 5.91 Å². The summed E-state index contributed by atoms with van der Waals surface area (Å²) in [5.74, 6) is -0.381. The summed E-state index contributed by atoms with van der Waals surface area (Å²) in [7, 11) is 0. The fourth-order valence-electron chi connectivity index (χ4n) is 3.58.